The summed E-state index contributed by atoms with van der Waals surface area (Å²) in [5.41, 5.74) is 1.86. The van der Waals surface area contributed by atoms with Gasteiger partial charge in [-0.15, -0.1) is 0 Å². The first kappa shape index (κ1) is 16.7. The van der Waals surface area contributed by atoms with Crippen LogP contribution in [0.1, 0.15) is 74.8 Å². The van der Waals surface area contributed by atoms with Crippen molar-refractivity contribution in [2.75, 3.05) is 13.1 Å². The van der Waals surface area contributed by atoms with Crippen LogP contribution in [-0.2, 0) is 4.79 Å². The molecule has 3 nitrogen and oxygen atoms in total. The Labute approximate surface area is 154 Å². The van der Waals surface area contributed by atoms with Crippen LogP contribution in [0, 0.1) is 17.2 Å². The molecule has 1 aromatic rings. The van der Waals surface area contributed by atoms with E-state index in [0.717, 1.165) is 44.3 Å². The number of hydrogen-bond acceptors (Lipinski definition) is 2. The Morgan fingerprint density at radius 3 is 2.54 bits per heavy atom. The molecule has 140 valence electrons. The van der Waals surface area contributed by atoms with Gasteiger partial charge in [0.15, 0.2) is 0 Å². The number of carbonyl (C=O) groups excluding carboxylic acids is 1. The molecule has 1 unspecified atom stereocenters. The Bertz CT molecular complexity index is 741. The van der Waals surface area contributed by atoms with Crippen LogP contribution in [-0.4, -0.2) is 34.6 Å². The topological polar surface area (TPSA) is 40.5 Å². The maximum atomic E-state index is 14.0. The SMILES string of the molecule is C[C@]1(O)C[C@@H](C(=O)N2CC3(CCC(c4ccc(F)c(C5CC5)c4)C3)C2)C1. The molecule has 0 radical (unpaired) electrons. The van der Waals surface area contributed by atoms with Crippen molar-refractivity contribution in [3.63, 3.8) is 0 Å². The van der Waals surface area contributed by atoms with E-state index in [1.807, 2.05) is 17.9 Å². The molecule has 4 heteroatoms. The second kappa shape index (κ2) is 5.54. The van der Waals surface area contributed by atoms with Gasteiger partial charge < -0.3 is 10.0 Å². The standard InChI is InChI=1S/C22H28FNO2/c1-21(26)9-17(10-21)20(25)24-12-22(13-24)7-6-16(11-22)15-4-5-19(23)18(8-15)14-2-3-14/h4-5,8,14,16-17,26H,2-3,6-7,9-13H2,1H3/t16?,17-,21+. The van der Waals surface area contributed by atoms with Crippen molar-refractivity contribution in [2.24, 2.45) is 11.3 Å². The smallest absolute Gasteiger partial charge is 0.225 e. The number of rotatable bonds is 3. The van der Waals surface area contributed by atoms with E-state index in [9.17, 15) is 14.3 Å². The fourth-order valence-electron chi connectivity index (χ4n) is 5.66. The molecule has 1 atom stereocenters. The predicted molar refractivity (Wildman–Crippen MR) is 97.3 cm³/mol. The van der Waals surface area contributed by atoms with Gasteiger partial charge >= 0.3 is 0 Å². The van der Waals surface area contributed by atoms with E-state index in [-0.39, 0.29) is 23.1 Å². The molecule has 4 fully saturated rings. The highest BCUT2D eigenvalue weighted by Crippen LogP contribution is 2.53. The highest BCUT2D eigenvalue weighted by molar-refractivity contribution is 5.81. The van der Waals surface area contributed by atoms with Crippen LogP contribution < -0.4 is 0 Å². The summed E-state index contributed by atoms with van der Waals surface area (Å²) in [5.74, 6) is 1.18. The van der Waals surface area contributed by atoms with Crippen molar-refractivity contribution < 1.29 is 14.3 Å². The van der Waals surface area contributed by atoms with Gasteiger partial charge in [-0.2, -0.15) is 0 Å². The molecule has 1 N–H and O–H groups in total. The Hall–Kier alpha value is -1.42. The summed E-state index contributed by atoms with van der Waals surface area (Å²) in [4.78, 5) is 14.5. The minimum atomic E-state index is -0.636. The van der Waals surface area contributed by atoms with Crippen LogP contribution >= 0.6 is 0 Å². The van der Waals surface area contributed by atoms with Gasteiger partial charge in [0, 0.05) is 24.4 Å². The summed E-state index contributed by atoms with van der Waals surface area (Å²) in [7, 11) is 0. The van der Waals surface area contributed by atoms with Gasteiger partial charge in [-0.05, 0) is 80.9 Å². The maximum Gasteiger partial charge on any atom is 0.225 e. The van der Waals surface area contributed by atoms with Crippen molar-refractivity contribution >= 4 is 5.91 Å². The lowest BCUT2D eigenvalue weighted by molar-refractivity contribution is -0.161. The molecule has 0 bridgehead atoms. The van der Waals surface area contributed by atoms with E-state index in [1.165, 1.54) is 12.0 Å². The van der Waals surface area contributed by atoms with Gasteiger partial charge in [-0.3, -0.25) is 4.79 Å². The largest absolute Gasteiger partial charge is 0.390 e. The van der Waals surface area contributed by atoms with Gasteiger partial charge in [0.1, 0.15) is 5.82 Å². The first-order chi connectivity index (χ1) is 12.3. The first-order valence-corrected chi connectivity index (χ1v) is 10.1. The van der Waals surface area contributed by atoms with Crippen molar-refractivity contribution in [1.29, 1.82) is 0 Å². The highest BCUT2D eigenvalue weighted by atomic mass is 19.1. The van der Waals surface area contributed by atoms with E-state index in [1.54, 1.807) is 6.07 Å². The third-order valence-corrected chi connectivity index (χ3v) is 7.30. The average Bonchev–Trinajstić information content (AvgIpc) is 3.28. The third kappa shape index (κ3) is 2.77. The fraction of sp³-hybridized carbons (Fsp3) is 0.682. The van der Waals surface area contributed by atoms with E-state index < -0.39 is 5.60 Å². The second-order valence-corrected chi connectivity index (χ2v) is 9.79. The molecular weight excluding hydrogens is 329 g/mol. The number of likely N-dealkylation sites (tertiary alicyclic amines) is 1. The Morgan fingerprint density at radius 1 is 1.15 bits per heavy atom. The molecular formula is C22H28FNO2. The molecule has 4 aliphatic rings. The number of amides is 1. The molecule has 1 aliphatic heterocycles. The van der Waals surface area contributed by atoms with Crippen molar-refractivity contribution in [1.82, 2.24) is 4.90 Å². The number of carbonyl (C=O) groups is 1. The normalized spacial score (nSPS) is 35.3. The zero-order chi connectivity index (χ0) is 18.1. The fourth-order valence-corrected chi connectivity index (χ4v) is 5.66. The zero-order valence-corrected chi connectivity index (χ0v) is 15.5. The van der Waals surface area contributed by atoms with Crippen LogP contribution in [0.3, 0.4) is 0 Å². The van der Waals surface area contributed by atoms with Crippen molar-refractivity contribution in [3.05, 3.63) is 35.1 Å². The van der Waals surface area contributed by atoms with E-state index in [2.05, 4.69) is 6.07 Å². The molecule has 1 amide bonds. The monoisotopic (exact) mass is 357 g/mol. The van der Waals surface area contributed by atoms with Gasteiger partial charge in [0.2, 0.25) is 5.91 Å². The summed E-state index contributed by atoms with van der Waals surface area (Å²) in [6, 6.07) is 5.75. The summed E-state index contributed by atoms with van der Waals surface area (Å²) >= 11 is 0. The van der Waals surface area contributed by atoms with Crippen molar-refractivity contribution in [2.45, 2.75) is 69.3 Å². The summed E-state index contributed by atoms with van der Waals surface area (Å²) in [6.07, 6.45) is 6.90. The van der Waals surface area contributed by atoms with Crippen molar-refractivity contribution in [3.8, 4) is 0 Å². The molecule has 0 aromatic heterocycles. The molecule has 1 heterocycles. The van der Waals surface area contributed by atoms with Crippen LogP contribution in [0.25, 0.3) is 0 Å². The van der Waals surface area contributed by atoms with E-state index in [4.69, 9.17) is 0 Å². The van der Waals surface area contributed by atoms with Crippen LogP contribution in [0.4, 0.5) is 4.39 Å². The minimum absolute atomic E-state index is 0.0257. The Kier molecular flexibility index (Phi) is 3.57. The summed E-state index contributed by atoms with van der Waals surface area (Å²) < 4.78 is 14.0. The van der Waals surface area contributed by atoms with Crippen LogP contribution in [0.5, 0.6) is 0 Å². The average molecular weight is 357 g/mol. The lowest BCUT2D eigenvalue weighted by Gasteiger charge is -2.52. The van der Waals surface area contributed by atoms with Crippen LogP contribution in [0.2, 0.25) is 0 Å². The summed E-state index contributed by atoms with van der Waals surface area (Å²) in [5, 5.41) is 9.86. The number of nitrogens with zero attached hydrogens (tertiary/aromatic N) is 1. The molecule has 1 spiro atoms. The molecule has 3 aliphatic carbocycles. The van der Waals surface area contributed by atoms with Gasteiger partial charge in [0.25, 0.3) is 0 Å². The van der Waals surface area contributed by atoms with E-state index in [0.29, 0.717) is 24.7 Å². The quantitative estimate of drug-likeness (QED) is 0.889. The Morgan fingerprint density at radius 2 is 1.88 bits per heavy atom. The molecule has 1 aromatic carbocycles. The van der Waals surface area contributed by atoms with E-state index >= 15 is 0 Å². The van der Waals surface area contributed by atoms with Gasteiger partial charge in [-0.25, -0.2) is 4.39 Å². The third-order valence-electron chi connectivity index (χ3n) is 7.30. The molecule has 3 saturated carbocycles. The minimum Gasteiger partial charge on any atom is -0.390 e. The molecule has 1 saturated heterocycles. The van der Waals surface area contributed by atoms with Gasteiger partial charge in [0.05, 0.1) is 5.60 Å². The maximum absolute atomic E-state index is 14.0. The number of halogens is 1. The number of aliphatic hydroxyl groups is 1. The number of hydrogen-bond donors (Lipinski definition) is 1. The molecule has 5 rings (SSSR count). The Balaban J connectivity index is 1.21. The highest BCUT2D eigenvalue weighted by Gasteiger charge is 2.53. The second-order valence-electron chi connectivity index (χ2n) is 9.79. The van der Waals surface area contributed by atoms with Gasteiger partial charge in [-0.1, -0.05) is 12.1 Å². The van der Waals surface area contributed by atoms with Crippen LogP contribution in [0.15, 0.2) is 18.2 Å². The summed E-state index contributed by atoms with van der Waals surface area (Å²) in [6.45, 7) is 3.56. The lowest BCUT2D eigenvalue weighted by atomic mass is 9.69. The lowest BCUT2D eigenvalue weighted by Crippen LogP contribution is -2.61. The zero-order valence-electron chi connectivity index (χ0n) is 15.5. The first-order valence-electron chi connectivity index (χ1n) is 10.1. The predicted octanol–water partition coefficient (Wildman–Crippen LogP) is 3.96. The number of benzene rings is 1. The molecule has 26 heavy (non-hydrogen) atoms.